The van der Waals surface area contributed by atoms with Crippen molar-refractivity contribution in [1.29, 1.82) is 0 Å². The normalized spacial score (nSPS) is 17.5. The molecule has 5 heteroatoms. The summed E-state index contributed by atoms with van der Waals surface area (Å²) in [6.07, 6.45) is 5.46. The average Bonchev–Trinajstić information content (AvgIpc) is 3.14. The van der Waals surface area contributed by atoms with Gasteiger partial charge in [0.25, 0.3) is 0 Å². The Morgan fingerprint density at radius 1 is 1.29 bits per heavy atom. The molecule has 3 rings (SSSR count). The largest absolute Gasteiger partial charge is 0.370 e. The van der Waals surface area contributed by atoms with E-state index >= 15 is 0 Å². The summed E-state index contributed by atoms with van der Waals surface area (Å²) in [6.45, 7) is 5.14. The first-order chi connectivity index (χ1) is 10.2. The Balaban J connectivity index is 2.14. The van der Waals surface area contributed by atoms with Crippen molar-refractivity contribution in [2.75, 3.05) is 19.0 Å². The molecule has 0 spiro atoms. The molecule has 0 atom stereocenters. The number of aryl methyl sites for hydroxylation is 1. The zero-order valence-corrected chi connectivity index (χ0v) is 13.8. The second-order valence-electron chi connectivity index (χ2n) is 5.62. The van der Waals surface area contributed by atoms with E-state index in [2.05, 4.69) is 25.2 Å². The minimum Gasteiger partial charge on any atom is -0.370 e. The van der Waals surface area contributed by atoms with E-state index in [0.717, 1.165) is 47.7 Å². The van der Waals surface area contributed by atoms with Gasteiger partial charge in [-0.15, -0.1) is 11.3 Å². The molecule has 2 heterocycles. The van der Waals surface area contributed by atoms with Crippen molar-refractivity contribution in [3.63, 3.8) is 0 Å². The van der Waals surface area contributed by atoms with Crippen molar-refractivity contribution in [2.45, 2.75) is 51.6 Å². The van der Waals surface area contributed by atoms with Crippen LogP contribution in [0.2, 0.25) is 0 Å². The summed E-state index contributed by atoms with van der Waals surface area (Å²) >= 11 is 1.77. The molecule has 1 aliphatic rings. The van der Waals surface area contributed by atoms with Crippen LogP contribution in [0.3, 0.4) is 0 Å². The van der Waals surface area contributed by atoms with Crippen LogP contribution in [-0.2, 0) is 16.8 Å². The lowest BCUT2D eigenvalue weighted by Gasteiger charge is -2.26. The number of aromatic nitrogens is 2. The molecule has 1 fully saturated rings. The highest BCUT2D eigenvalue weighted by Crippen LogP contribution is 2.42. The summed E-state index contributed by atoms with van der Waals surface area (Å²) in [5, 5.41) is 4.54. The van der Waals surface area contributed by atoms with E-state index < -0.39 is 0 Å². The summed E-state index contributed by atoms with van der Waals surface area (Å²) in [5.41, 5.74) is -0.283. The topological polar surface area (TPSA) is 47.0 Å². The highest BCUT2D eigenvalue weighted by Gasteiger charge is 2.39. The predicted octanol–water partition coefficient (Wildman–Crippen LogP) is 4.10. The van der Waals surface area contributed by atoms with Gasteiger partial charge in [0.05, 0.1) is 5.39 Å². The van der Waals surface area contributed by atoms with Crippen molar-refractivity contribution in [3.05, 3.63) is 16.8 Å². The molecule has 0 amide bonds. The van der Waals surface area contributed by atoms with Gasteiger partial charge in [-0.2, -0.15) is 0 Å². The molecule has 0 saturated heterocycles. The molecule has 1 aliphatic carbocycles. The molecule has 2 aromatic heterocycles. The number of rotatable bonds is 5. The number of ether oxygens (including phenoxy) is 1. The Morgan fingerprint density at radius 2 is 2.05 bits per heavy atom. The molecule has 0 bridgehead atoms. The molecule has 0 unspecified atom stereocenters. The molecule has 1 saturated carbocycles. The Bertz CT molecular complexity index is 632. The number of anilines is 1. The summed E-state index contributed by atoms with van der Waals surface area (Å²) < 4.78 is 5.85. The van der Waals surface area contributed by atoms with Gasteiger partial charge in [-0.05, 0) is 45.1 Å². The predicted molar refractivity (Wildman–Crippen MR) is 88.1 cm³/mol. The second kappa shape index (κ2) is 5.89. The van der Waals surface area contributed by atoms with Gasteiger partial charge >= 0.3 is 0 Å². The smallest absolute Gasteiger partial charge is 0.164 e. The molecular weight excluding hydrogens is 282 g/mol. The Hall–Kier alpha value is -1.20. The summed E-state index contributed by atoms with van der Waals surface area (Å²) in [4.78, 5) is 12.1. The Morgan fingerprint density at radius 3 is 2.67 bits per heavy atom. The number of methoxy groups -OCH3 is 1. The summed E-state index contributed by atoms with van der Waals surface area (Å²) in [6, 6.07) is 2.22. The first-order valence-corrected chi connectivity index (χ1v) is 8.64. The van der Waals surface area contributed by atoms with Gasteiger partial charge in [0.1, 0.15) is 16.2 Å². The van der Waals surface area contributed by atoms with Crippen LogP contribution in [0.1, 0.15) is 50.2 Å². The van der Waals surface area contributed by atoms with Crippen LogP contribution >= 0.6 is 11.3 Å². The third kappa shape index (κ3) is 2.53. The van der Waals surface area contributed by atoms with E-state index in [4.69, 9.17) is 14.7 Å². The SMILES string of the molecule is CCNc1nc(C2(OC)CCCC2)nc2sc(CC)cc12. The lowest BCUT2D eigenvalue weighted by atomic mass is 10.0. The maximum absolute atomic E-state index is 5.85. The minimum absolute atomic E-state index is 0.283. The number of fused-ring (bicyclic) bond motifs is 1. The highest BCUT2D eigenvalue weighted by molar-refractivity contribution is 7.18. The van der Waals surface area contributed by atoms with Crippen LogP contribution in [0.15, 0.2) is 6.07 Å². The van der Waals surface area contributed by atoms with E-state index in [-0.39, 0.29) is 5.60 Å². The van der Waals surface area contributed by atoms with E-state index in [9.17, 15) is 0 Å². The van der Waals surface area contributed by atoms with Crippen LogP contribution in [0.25, 0.3) is 10.2 Å². The van der Waals surface area contributed by atoms with Gasteiger partial charge in [-0.25, -0.2) is 9.97 Å². The standard InChI is InChI=1S/C16H23N3OS/c1-4-11-10-12-13(17-5-2)18-15(19-14(12)21-11)16(20-3)8-6-7-9-16/h10H,4-9H2,1-3H3,(H,17,18,19). The number of nitrogens with zero attached hydrogens (tertiary/aromatic N) is 2. The molecule has 1 N–H and O–H groups in total. The van der Waals surface area contributed by atoms with Gasteiger partial charge in [0.15, 0.2) is 5.82 Å². The monoisotopic (exact) mass is 305 g/mol. The molecule has 21 heavy (non-hydrogen) atoms. The number of thiophene rings is 1. The van der Waals surface area contributed by atoms with Crippen molar-refractivity contribution < 1.29 is 4.74 Å². The fourth-order valence-electron chi connectivity index (χ4n) is 3.12. The fourth-order valence-corrected chi connectivity index (χ4v) is 4.08. The zero-order valence-electron chi connectivity index (χ0n) is 13.0. The minimum atomic E-state index is -0.283. The number of hydrogen-bond acceptors (Lipinski definition) is 5. The Labute approximate surface area is 129 Å². The zero-order chi connectivity index (χ0) is 14.9. The third-order valence-corrected chi connectivity index (χ3v) is 5.52. The second-order valence-corrected chi connectivity index (χ2v) is 6.73. The van der Waals surface area contributed by atoms with Crippen LogP contribution in [-0.4, -0.2) is 23.6 Å². The molecule has 2 aromatic rings. The molecule has 0 radical (unpaired) electrons. The summed E-state index contributed by atoms with van der Waals surface area (Å²) in [5.74, 6) is 1.81. The van der Waals surface area contributed by atoms with Gasteiger partial charge in [-0.1, -0.05) is 6.92 Å². The van der Waals surface area contributed by atoms with Crippen LogP contribution in [0.4, 0.5) is 5.82 Å². The molecule has 114 valence electrons. The van der Waals surface area contributed by atoms with E-state index in [1.165, 1.54) is 17.7 Å². The van der Waals surface area contributed by atoms with Crippen molar-refractivity contribution in [3.8, 4) is 0 Å². The van der Waals surface area contributed by atoms with E-state index in [1.807, 2.05) is 0 Å². The molecule has 4 nitrogen and oxygen atoms in total. The molecule has 0 aliphatic heterocycles. The van der Waals surface area contributed by atoms with Gasteiger partial charge < -0.3 is 10.1 Å². The quantitative estimate of drug-likeness (QED) is 0.903. The fraction of sp³-hybridized carbons (Fsp3) is 0.625. The number of hydrogen-bond donors (Lipinski definition) is 1. The average molecular weight is 305 g/mol. The van der Waals surface area contributed by atoms with E-state index in [1.54, 1.807) is 18.4 Å². The lowest BCUT2D eigenvalue weighted by molar-refractivity contribution is -0.0158. The van der Waals surface area contributed by atoms with Crippen LogP contribution in [0.5, 0.6) is 0 Å². The maximum atomic E-state index is 5.85. The van der Waals surface area contributed by atoms with Gasteiger partial charge in [0, 0.05) is 18.5 Å². The lowest BCUT2D eigenvalue weighted by Crippen LogP contribution is -2.27. The molecule has 0 aromatic carbocycles. The third-order valence-electron chi connectivity index (χ3n) is 4.35. The van der Waals surface area contributed by atoms with E-state index in [0.29, 0.717) is 0 Å². The summed E-state index contributed by atoms with van der Waals surface area (Å²) in [7, 11) is 1.79. The van der Waals surface area contributed by atoms with Crippen molar-refractivity contribution in [2.24, 2.45) is 0 Å². The first-order valence-electron chi connectivity index (χ1n) is 7.82. The van der Waals surface area contributed by atoms with Crippen LogP contribution < -0.4 is 5.32 Å². The van der Waals surface area contributed by atoms with Crippen molar-refractivity contribution in [1.82, 2.24) is 9.97 Å². The van der Waals surface area contributed by atoms with Crippen LogP contribution in [0, 0.1) is 0 Å². The molecular formula is C16H23N3OS. The maximum Gasteiger partial charge on any atom is 0.164 e. The van der Waals surface area contributed by atoms with Gasteiger partial charge in [-0.3, -0.25) is 0 Å². The highest BCUT2D eigenvalue weighted by atomic mass is 32.1. The Kier molecular flexibility index (Phi) is 4.13. The number of nitrogens with one attached hydrogen (secondary N) is 1. The van der Waals surface area contributed by atoms with Crippen molar-refractivity contribution >= 4 is 27.4 Å². The first kappa shape index (κ1) is 14.7. The van der Waals surface area contributed by atoms with Gasteiger partial charge in [0.2, 0.25) is 0 Å².